The molecule has 0 N–H and O–H groups in total. The Labute approximate surface area is 147 Å². The number of hydrogen-bond donors (Lipinski definition) is 0. The smallest absolute Gasteiger partial charge is 0.410 e. The summed E-state index contributed by atoms with van der Waals surface area (Å²) in [5.41, 5.74) is -0.517. The molecule has 1 aromatic rings. The fourth-order valence-corrected chi connectivity index (χ4v) is 2.78. The third-order valence-corrected chi connectivity index (χ3v) is 4.10. The molecule has 0 saturated heterocycles. The number of benzene rings is 1. The van der Waals surface area contributed by atoms with Gasteiger partial charge in [0.25, 0.3) is 0 Å². The molecule has 0 aliphatic rings. The van der Waals surface area contributed by atoms with Crippen molar-refractivity contribution in [2.24, 2.45) is 0 Å². The molecular formula is C17H26F2N2O2S. The second-order valence-electron chi connectivity index (χ2n) is 6.43. The van der Waals surface area contributed by atoms with Crippen LogP contribution in [-0.2, 0) is 4.74 Å². The van der Waals surface area contributed by atoms with Gasteiger partial charge in [-0.3, -0.25) is 0 Å². The Morgan fingerprint density at radius 3 is 2.46 bits per heavy atom. The maximum atomic E-state index is 13.6. The first kappa shape index (κ1) is 20.7. The molecule has 0 heterocycles. The molecule has 4 nitrogen and oxygen atoms in total. The largest absolute Gasteiger partial charge is 0.444 e. The van der Waals surface area contributed by atoms with Crippen LogP contribution in [0.5, 0.6) is 0 Å². The van der Waals surface area contributed by atoms with E-state index in [0.717, 1.165) is 12.5 Å². The van der Waals surface area contributed by atoms with Crippen LogP contribution >= 0.6 is 11.9 Å². The van der Waals surface area contributed by atoms with Gasteiger partial charge in [0, 0.05) is 25.7 Å². The lowest BCUT2D eigenvalue weighted by molar-refractivity contribution is 0.0257. The minimum absolute atomic E-state index is 0.329. The molecule has 0 fully saturated rings. The molecule has 0 bridgehead atoms. The van der Waals surface area contributed by atoms with E-state index in [1.165, 1.54) is 24.1 Å². The average molecular weight is 360 g/mol. The third-order valence-electron chi connectivity index (χ3n) is 3.08. The van der Waals surface area contributed by atoms with Crippen LogP contribution < -0.4 is 0 Å². The standard InChI is InChI=1S/C17H26F2N2O2S/c1-6-21(16(22)23-17(2,3)4)11-7-10-20(5)24-15-9-8-13(18)12-14(15)19/h8-9,12H,6-7,10-11H2,1-5H3. The van der Waals surface area contributed by atoms with Crippen LogP contribution in [0.4, 0.5) is 13.6 Å². The van der Waals surface area contributed by atoms with Crippen molar-refractivity contribution in [3.05, 3.63) is 29.8 Å². The van der Waals surface area contributed by atoms with Crippen molar-refractivity contribution in [1.82, 2.24) is 9.21 Å². The molecule has 1 amide bonds. The van der Waals surface area contributed by atoms with Crippen molar-refractivity contribution in [2.75, 3.05) is 26.7 Å². The molecule has 0 radical (unpaired) electrons. The Hall–Kier alpha value is -1.34. The predicted octanol–water partition coefficient (Wildman–Crippen LogP) is 4.55. The summed E-state index contributed by atoms with van der Waals surface area (Å²) in [6.07, 6.45) is 0.393. The molecule has 0 unspecified atom stereocenters. The lowest BCUT2D eigenvalue weighted by Gasteiger charge is -2.27. The summed E-state index contributed by atoms with van der Waals surface area (Å²) >= 11 is 1.21. The molecule has 0 spiro atoms. The van der Waals surface area contributed by atoms with Crippen molar-refractivity contribution in [1.29, 1.82) is 0 Å². The lowest BCUT2D eigenvalue weighted by Crippen LogP contribution is -2.37. The van der Waals surface area contributed by atoms with E-state index in [0.29, 0.717) is 24.5 Å². The summed E-state index contributed by atoms with van der Waals surface area (Å²) in [6.45, 7) is 9.18. The molecule has 1 aromatic carbocycles. The van der Waals surface area contributed by atoms with Crippen LogP contribution in [0.1, 0.15) is 34.1 Å². The van der Waals surface area contributed by atoms with E-state index >= 15 is 0 Å². The first-order valence-electron chi connectivity index (χ1n) is 7.94. The van der Waals surface area contributed by atoms with Gasteiger partial charge in [-0.1, -0.05) is 0 Å². The summed E-state index contributed by atoms with van der Waals surface area (Å²) < 4.78 is 33.7. The Kier molecular flexibility index (Phi) is 7.96. The molecule has 0 atom stereocenters. The Bertz CT molecular complexity index is 550. The highest BCUT2D eigenvalue weighted by Crippen LogP contribution is 2.24. The summed E-state index contributed by atoms with van der Waals surface area (Å²) in [4.78, 5) is 14.0. The predicted molar refractivity (Wildman–Crippen MR) is 92.9 cm³/mol. The molecule has 136 valence electrons. The van der Waals surface area contributed by atoms with E-state index in [1.54, 1.807) is 4.90 Å². The molecular weight excluding hydrogens is 334 g/mol. The van der Waals surface area contributed by atoms with Crippen LogP contribution in [0, 0.1) is 11.6 Å². The quantitative estimate of drug-likeness (QED) is 0.668. The van der Waals surface area contributed by atoms with Crippen LogP contribution in [0.2, 0.25) is 0 Å². The molecule has 0 saturated carbocycles. The highest BCUT2D eigenvalue weighted by atomic mass is 32.2. The number of carbonyl (C=O) groups excluding carboxylic acids is 1. The number of carbonyl (C=O) groups is 1. The zero-order chi connectivity index (χ0) is 18.3. The van der Waals surface area contributed by atoms with Crippen molar-refractivity contribution in [3.8, 4) is 0 Å². The molecule has 0 aliphatic heterocycles. The summed E-state index contributed by atoms with van der Waals surface area (Å²) in [5, 5.41) is 0. The van der Waals surface area contributed by atoms with E-state index in [1.807, 2.05) is 39.0 Å². The van der Waals surface area contributed by atoms with E-state index in [4.69, 9.17) is 4.74 Å². The van der Waals surface area contributed by atoms with Crippen molar-refractivity contribution < 1.29 is 18.3 Å². The van der Waals surface area contributed by atoms with Crippen molar-refractivity contribution >= 4 is 18.0 Å². The van der Waals surface area contributed by atoms with Crippen LogP contribution in [0.15, 0.2) is 23.1 Å². The Morgan fingerprint density at radius 1 is 1.25 bits per heavy atom. The van der Waals surface area contributed by atoms with Crippen molar-refractivity contribution in [3.63, 3.8) is 0 Å². The maximum Gasteiger partial charge on any atom is 0.410 e. The van der Waals surface area contributed by atoms with Gasteiger partial charge in [-0.2, -0.15) is 0 Å². The topological polar surface area (TPSA) is 32.8 Å². The molecule has 0 aliphatic carbocycles. The second kappa shape index (κ2) is 9.22. The lowest BCUT2D eigenvalue weighted by atomic mass is 10.2. The zero-order valence-corrected chi connectivity index (χ0v) is 15.8. The highest BCUT2D eigenvalue weighted by molar-refractivity contribution is 7.97. The van der Waals surface area contributed by atoms with Gasteiger partial charge in [0.2, 0.25) is 0 Å². The van der Waals surface area contributed by atoms with Gasteiger partial charge in [-0.25, -0.2) is 17.9 Å². The van der Waals surface area contributed by atoms with Gasteiger partial charge < -0.3 is 9.64 Å². The van der Waals surface area contributed by atoms with Gasteiger partial charge in [0.05, 0.1) is 4.90 Å². The SMILES string of the molecule is CCN(CCCN(C)Sc1ccc(F)cc1F)C(=O)OC(C)(C)C. The van der Waals surface area contributed by atoms with Gasteiger partial charge in [0.1, 0.15) is 17.2 Å². The monoisotopic (exact) mass is 360 g/mol. The van der Waals surface area contributed by atoms with E-state index < -0.39 is 17.2 Å². The number of halogens is 2. The number of amides is 1. The average Bonchev–Trinajstić information content (AvgIpc) is 2.44. The summed E-state index contributed by atoms with van der Waals surface area (Å²) in [7, 11) is 1.83. The molecule has 0 aromatic heterocycles. The minimum Gasteiger partial charge on any atom is -0.444 e. The number of rotatable bonds is 7. The van der Waals surface area contributed by atoms with Crippen LogP contribution in [0.3, 0.4) is 0 Å². The molecule has 24 heavy (non-hydrogen) atoms. The Balaban J connectivity index is 2.43. The molecule has 1 rings (SSSR count). The number of ether oxygens (including phenoxy) is 1. The van der Waals surface area contributed by atoms with Gasteiger partial charge >= 0.3 is 6.09 Å². The Morgan fingerprint density at radius 2 is 1.92 bits per heavy atom. The summed E-state index contributed by atoms with van der Waals surface area (Å²) in [5.74, 6) is -1.16. The number of nitrogens with zero attached hydrogens (tertiary/aromatic N) is 2. The fourth-order valence-electron chi connectivity index (χ4n) is 1.95. The molecule has 7 heteroatoms. The maximum absolute atomic E-state index is 13.6. The summed E-state index contributed by atoms with van der Waals surface area (Å²) in [6, 6.07) is 3.53. The van der Waals surface area contributed by atoms with Crippen molar-refractivity contribution in [2.45, 2.75) is 44.6 Å². The van der Waals surface area contributed by atoms with Gasteiger partial charge in [0.15, 0.2) is 0 Å². The zero-order valence-electron chi connectivity index (χ0n) is 14.9. The van der Waals surface area contributed by atoms with E-state index in [-0.39, 0.29) is 6.09 Å². The minimum atomic E-state index is -0.588. The fraction of sp³-hybridized carbons (Fsp3) is 0.588. The van der Waals surface area contributed by atoms with Gasteiger partial charge in [-0.05, 0) is 65.2 Å². The highest BCUT2D eigenvalue weighted by Gasteiger charge is 2.20. The third kappa shape index (κ3) is 7.49. The first-order chi connectivity index (χ1) is 11.1. The van der Waals surface area contributed by atoms with Crippen LogP contribution in [0.25, 0.3) is 0 Å². The first-order valence-corrected chi connectivity index (χ1v) is 8.72. The van der Waals surface area contributed by atoms with E-state index in [9.17, 15) is 13.6 Å². The van der Waals surface area contributed by atoms with Crippen LogP contribution in [-0.4, -0.2) is 47.6 Å². The normalized spacial score (nSPS) is 11.7. The second-order valence-corrected chi connectivity index (χ2v) is 7.68. The van der Waals surface area contributed by atoms with Gasteiger partial charge in [-0.15, -0.1) is 0 Å². The number of hydrogen-bond acceptors (Lipinski definition) is 4. The van der Waals surface area contributed by atoms with E-state index in [2.05, 4.69) is 0 Å².